The molecule has 5 rings (SSSR count). The molecule has 0 radical (unpaired) electrons. The highest BCUT2D eigenvalue weighted by Gasteiger charge is 2.35. The van der Waals surface area contributed by atoms with E-state index < -0.39 is 0 Å². The Morgan fingerprint density at radius 2 is 1.82 bits per heavy atom. The van der Waals surface area contributed by atoms with Crippen LogP contribution in [0.1, 0.15) is 85.5 Å². The Balaban J connectivity index is 1.58. The monoisotopic (exact) mass is 446 g/mol. The summed E-state index contributed by atoms with van der Waals surface area (Å²) in [5, 5.41) is 5.10. The van der Waals surface area contributed by atoms with Crippen molar-refractivity contribution in [2.45, 2.75) is 78.2 Å². The van der Waals surface area contributed by atoms with Gasteiger partial charge in [-0.05, 0) is 81.2 Å². The highest BCUT2D eigenvalue weighted by molar-refractivity contribution is 5.46. The molecule has 0 unspecified atom stereocenters. The molecule has 5 heteroatoms. The number of rotatable bonds is 9. The number of aryl methyl sites for hydroxylation is 3. The summed E-state index contributed by atoms with van der Waals surface area (Å²) >= 11 is 0. The molecule has 3 aromatic rings. The average Bonchev–Trinajstić information content (AvgIpc) is 3.72. The first-order valence-corrected chi connectivity index (χ1v) is 12.5. The third-order valence-electron chi connectivity index (χ3n) is 7.08. The van der Waals surface area contributed by atoms with Crippen molar-refractivity contribution >= 4 is 5.95 Å². The van der Waals surface area contributed by atoms with Crippen LogP contribution in [0.25, 0.3) is 5.69 Å². The summed E-state index contributed by atoms with van der Waals surface area (Å²) in [6.45, 7) is 9.15. The predicted molar refractivity (Wildman–Crippen MR) is 132 cm³/mol. The van der Waals surface area contributed by atoms with Gasteiger partial charge in [-0.25, -0.2) is 9.07 Å². The molecule has 4 nitrogen and oxygen atoms in total. The molecule has 0 spiro atoms. The largest absolute Gasteiger partial charge is 0.332 e. The summed E-state index contributed by atoms with van der Waals surface area (Å²) in [7, 11) is 0. The van der Waals surface area contributed by atoms with Crippen LogP contribution in [0.5, 0.6) is 0 Å². The molecule has 174 valence electrons. The fourth-order valence-corrected chi connectivity index (χ4v) is 4.83. The number of hydrogen-bond donors (Lipinski definition) is 0. The Hall–Kier alpha value is -2.69. The lowest BCUT2D eigenvalue weighted by atomic mass is 9.98. The Morgan fingerprint density at radius 1 is 1.03 bits per heavy atom. The molecule has 0 N–H and O–H groups in total. The minimum absolute atomic E-state index is 0.0922. The van der Waals surface area contributed by atoms with E-state index in [1.165, 1.54) is 36.8 Å². The number of aromatic nitrogens is 3. The fourth-order valence-electron chi connectivity index (χ4n) is 4.83. The lowest BCUT2D eigenvalue weighted by Gasteiger charge is -2.31. The SMILES string of the molecule is CCCN(c1nc(C2CC2)n(-c2ccc(C)cc2C)n1)[C@@H](CC1CC1)c1ccc(C)c(F)c1. The van der Waals surface area contributed by atoms with Crippen molar-refractivity contribution in [3.63, 3.8) is 0 Å². The molecule has 1 heterocycles. The van der Waals surface area contributed by atoms with Crippen LogP contribution in [0.3, 0.4) is 0 Å². The summed E-state index contributed by atoms with van der Waals surface area (Å²) in [5.74, 6) is 2.91. The van der Waals surface area contributed by atoms with E-state index in [0.29, 0.717) is 17.4 Å². The number of hydrogen-bond acceptors (Lipinski definition) is 3. The van der Waals surface area contributed by atoms with Gasteiger partial charge in [-0.1, -0.05) is 49.6 Å². The summed E-state index contributed by atoms with van der Waals surface area (Å²) in [4.78, 5) is 7.47. The Labute approximate surface area is 196 Å². The van der Waals surface area contributed by atoms with Gasteiger partial charge in [-0.15, -0.1) is 5.10 Å². The Morgan fingerprint density at radius 3 is 2.45 bits per heavy atom. The maximum Gasteiger partial charge on any atom is 0.245 e. The van der Waals surface area contributed by atoms with E-state index in [1.807, 2.05) is 13.0 Å². The number of halogens is 1. The van der Waals surface area contributed by atoms with Crippen molar-refractivity contribution in [3.05, 3.63) is 70.3 Å². The lowest BCUT2D eigenvalue weighted by Crippen LogP contribution is -2.31. The van der Waals surface area contributed by atoms with E-state index in [-0.39, 0.29) is 11.9 Å². The van der Waals surface area contributed by atoms with Crippen LogP contribution in [0.15, 0.2) is 36.4 Å². The van der Waals surface area contributed by atoms with Gasteiger partial charge in [0.05, 0.1) is 11.7 Å². The van der Waals surface area contributed by atoms with Crippen molar-refractivity contribution in [2.24, 2.45) is 5.92 Å². The zero-order valence-corrected chi connectivity index (χ0v) is 20.3. The van der Waals surface area contributed by atoms with Crippen LogP contribution in [0.2, 0.25) is 0 Å². The van der Waals surface area contributed by atoms with Crippen LogP contribution in [-0.2, 0) is 0 Å². The molecular weight excluding hydrogens is 411 g/mol. The van der Waals surface area contributed by atoms with Gasteiger partial charge < -0.3 is 4.90 Å². The van der Waals surface area contributed by atoms with Crippen molar-refractivity contribution in [3.8, 4) is 5.69 Å². The molecule has 0 bridgehead atoms. The first kappa shape index (κ1) is 22.1. The van der Waals surface area contributed by atoms with Crippen LogP contribution >= 0.6 is 0 Å². The third kappa shape index (κ3) is 4.68. The van der Waals surface area contributed by atoms with Gasteiger partial charge in [0.2, 0.25) is 5.95 Å². The van der Waals surface area contributed by atoms with Crippen molar-refractivity contribution < 1.29 is 4.39 Å². The second-order valence-electron chi connectivity index (χ2n) is 10.1. The summed E-state index contributed by atoms with van der Waals surface area (Å²) < 4.78 is 16.6. The average molecular weight is 447 g/mol. The zero-order valence-electron chi connectivity index (χ0n) is 20.3. The topological polar surface area (TPSA) is 34.0 Å². The summed E-state index contributed by atoms with van der Waals surface area (Å²) in [6.07, 6.45) is 6.90. The van der Waals surface area contributed by atoms with Gasteiger partial charge in [-0.2, -0.15) is 4.98 Å². The minimum Gasteiger partial charge on any atom is -0.332 e. The molecule has 0 aliphatic heterocycles. The summed E-state index contributed by atoms with van der Waals surface area (Å²) in [6, 6.07) is 12.3. The van der Waals surface area contributed by atoms with Crippen LogP contribution in [-0.4, -0.2) is 21.3 Å². The first-order valence-electron chi connectivity index (χ1n) is 12.5. The quantitative estimate of drug-likeness (QED) is 0.356. The molecule has 2 saturated carbocycles. The van der Waals surface area contributed by atoms with Crippen LogP contribution in [0, 0.1) is 32.5 Å². The molecule has 2 fully saturated rings. The normalized spacial score (nSPS) is 16.8. The second kappa shape index (κ2) is 8.92. The third-order valence-corrected chi connectivity index (χ3v) is 7.08. The lowest BCUT2D eigenvalue weighted by molar-refractivity contribution is 0.521. The van der Waals surface area contributed by atoms with Crippen LogP contribution in [0.4, 0.5) is 10.3 Å². The molecule has 0 amide bonds. The molecule has 1 aromatic heterocycles. The Bertz CT molecular complexity index is 1140. The van der Waals surface area contributed by atoms with E-state index in [4.69, 9.17) is 10.1 Å². The standard InChI is InChI=1S/C28H35FN4/c1-5-14-32(26(16-21-8-9-21)23-10-7-19(3)24(29)17-23)28-30-27(22-11-12-22)33(31-28)25-13-6-18(2)15-20(25)4/h6-7,10,13,15,17,21-22,26H,5,8-9,11-12,14,16H2,1-4H3/t26-/m0/s1. The Kier molecular flexibility index (Phi) is 5.98. The number of nitrogens with zero attached hydrogens (tertiary/aromatic N) is 4. The highest BCUT2D eigenvalue weighted by atomic mass is 19.1. The van der Waals surface area contributed by atoms with Gasteiger partial charge in [0.25, 0.3) is 0 Å². The highest BCUT2D eigenvalue weighted by Crippen LogP contribution is 2.44. The van der Waals surface area contributed by atoms with Crippen LogP contribution < -0.4 is 4.90 Å². The second-order valence-corrected chi connectivity index (χ2v) is 10.1. The molecule has 2 aliphatic rings. The smallest absolute Gasteiger partial charge is 0.245 e. The van der Waals surface area contributed by atoms with Gasteiger partial charge in [0.15, 0.2) is 0 Å². The van der Waals surface area contributed by atoms with E-state index in [0.717, 1.165) is 42.4 Å². The van der Waals surface area contributed by atoms with E-state index >= 15 is 0 Å². The first-order chi connectivity index (χ1) is 15.9. The molecule has 2 aliphatic carbocycles. The predicted octanol–water partition coefficient (Wildman–Crippen LogP) is 6.97. The molecule has 1 atom stereocenters. The molecule has 33 heavy (non-hydrogen) atoms. The maximum absolute atomic E-state index is 14.6. The zero-order chi connectivity index (χ0) is 23.1. The number of anilines is 1. The van der Waals surface area contributed by atoms with E-state index in [1.54, 1.807) is 6.07 Å². The molecule has 2 aromatic carbocycles. The molecular formula is C28H35FN4. The van der Waals surface area contributed by atoms with E-state index in [2.05, 4.69) is 54.6 Å². The van der Waals surface area contributed by atoms with Gasteiger partial charge in [0.1, 0.15) is 11.6 Å². The minimum atomic E-state index is -0.128. The van der Waals surface area contributed by atoms with Gasteiger partial charge in [-0.3, -0.25) is 0 Å². The van der Waals surface area contributed by atoms with Crippen molar-refractivity contribution in [1.82, 2.24) is 14.8 Å². The summed E-state index contributed by atoms with van der Waals surface area (Å²) in [5.41, 5.74) is 5.31. The molecule has 0 saturated heterocycles. The maximum atomic E-state index is 14.6. The van der Waals surface area contributed by atoms with Gasteiger partial charge in [0, 0.05) is 12.5 Å². The van der Waals surface area contributed by atoms with Crippen molar-refractivity contribution in [2.75, 3.05) is 11.4 Å². The van der Waals surface area contributed by atoms with Crippen molar-refractivity contribution in [1.29, 1.82) is 0 Å². The van der Waals surface area contributed by atoms with Gasteiger partial charge >= 0.3 is 0 Å². The van der Waals surface area contributed by atoms with E-state index in [9.17, 15) is 4.39 Å². The number of benzene rings is 2. The fraction of sp³-hybridized carbons (Fsp3) is 0.500.